The number of rotatable bonds is 2. The van der Waals surface area contributed by atoms with Gasteiger partial charge >= 0.3 is 0 Å². The third-order valence-electron chi connectivity index (χ3n) is 4.81. The van der Waals surface area contributed by atoms with E-state index in [0.717, 1.165) is 19.3 Å². The fourth-order valence-corrected chi connectivity index (χ4v) is 3.56. The standard InChI is InChI=1S/C14H26N2O/c1-10-6-5-7-11(10)14(17)16(2)13-9-4-3-8-12(13)15/h10-13H,3-9,15H2,1-2H3. The molecule has 17 heavy (non-hydrogen) atoms. The first-order valence-electron chi connectivity index (χ1n) is 7.13. The van der Waals surface area contributed by atoms with Crippen LogP contribution in [0.2, 0.25) is 0 Å². The smallest absolute Gasteiger partial charge is 0.225 e. The summed E-state index contributed by atoms with van der Waals surface area (Å²) in [5.74, 6) is 1.16. The van der Waals surface area contributed by atoms with E-state index in [1.165, 1.54) is 25.7 Å². The SMILES string of the molecule is CC1CCCC1C(=O)N(C)C1CCCCC1N. The Morgan fingerprint density at radius 3 is 2.41 bits per heavy atom. The van der Waals surface area contributed by atoms with Crippen LogP contribution in [0.15, 0.2) is 0 Å². The second-order valence-electron chi connectivity index (χ2n) is 5.98. The van der Waals surface area contributed by atoms with Crippen molar-refractivity contribution in [3.05, 3.63) is 0 Å². The van der Waals surface area contributed by atoms with E-state index in [1.807, 2.05) is 11.9 Å². The third-order valence-corrected chi connectivity index (χ3v) is 4.81. The Balaban J connectivity index is 1.98. The van der Waals surface area contributed by atoms with Gasteiger partial charge in [-0.15, -0.1) is 0 Å². The van der Waals surface area contributed by atoms with Gasteiger partial charge in [0.15, 0.2) is 0 Å². The quantitative estimate of drug-likeness (QED) is 0.801. The molecule has 2 aliphatic carbocycles. The minimum atomic E-state index is 0.189. The number of likely N-dealkylation sites (N-methyl/N-ethyl adjacent to an activating group) is 1. The largest absolute Gasteiger partial charge is 0.341 e. The Bertz CT molecular complexity index is 279. The molecule has 2 fully saturated rings. The first-order valence-corrected chi connectivity index (χ1v) is 7.13. The van der Waals surface area contributed by atoms with E-state index in [1.54, 1.807) is 0 Å². The summed E-state index contributed by atoms with van der Waals surface area (Å²) >= 11 is 0. The van der Waals surface area contributed by atoms with Crippen LogP contribution < -0.4 is 5.73 Å². The van der Waals surface area contributed by atoms with Crippen LogP contribution in [0.4, 0.5) is 0 Å². The minimum absolute atomic E-state index is 0.189. The number of amides is 1. The minimum Gasteiger partial charge on any atom is -0.341 e. The van der Waals surface area contributed by atoms with Crippen LogP contribution in [0.25, 0.3) is 0 Å². The molecule has 3 nitrogen and oxygen atoms in total. The summed E-state index contributed by atoms with van der Waals surface area (Å²) in [5, 5.41) is 0. The maximum absolute atomic E-state index is 12.5. The average molecular weight is 238 g/mol. The van der Waals surface area contributed by atoms with Crippen molar-refractivity contribution in [1.29, 1.82) is 0 Å². The summed E-state index contributed by atoms with van der Waals surface area (Å²) in [4.78, 5) is 14.4. The molecule has 2 saturated carbocycles. The van der Waals surface area contributed by atoms with Crippen molar-refractivity contribution in [3.63, 3.8) is 0 Å². The summed E-state index contributed by atoms with van der Waals surface area (Å²) in [6, 6.07) is 0.471. The molecular formula is C14H26N2O. The number of nitrogens with two attached hydrogens (primary N) is 1. The van der Waals surface area contributed by atoms with Gasteiger partial charge in [0.1, 0.15) is 0 Å². The van der Waals surface area contributed by atoms with Gasteiger partial charge in [0.05, 0.1) is 0 Å². The van der Waals surface area contributed by atoms with Crippen LogP contribution >= 0.6 is 0 Å². The predicted molar refractivity (Wildman–Crippen MR) is 69.5 cm³/mol. The van der Waals surface area contributed by atoms with Gasteiger partial charge in [0.2, 0.25) is 5.91 Å². The van der Waals surface area contributed by atoms with Crippen LogP contribution in [-0.2, 0) is 4.79 Å². The van der Waals surface area contributed by atoms with Crippen LogP contribution in [0.1, 0.15) is 51.9 Å². The fourth-order valence-electron chi connectivity index (χ4n) is 3.56. The lowest BCUT2D eigenvalue weighted by molar-refractivity contribution is -0.138. The van der Waals surface area contributed by atoms with Gasteiger partial charge in [-0.3, -0.25) is 4.79 Å². The molecule has 4 atom stereocenters. The van der Waals surface area contributed by atoms with Gasteiger partial charge in [0, 0.05) is 25.0 Å². The molecule has 2 aliphatic rings. The van der Waals surface area contributed by atoms with Crippen molar-refractivity contribution in [2.45, 2.75) is 64.0 Å². The molecule has 2 N–H and O–H groups in total. The van der Waals surface area contributed by atoms with Crippen LogP contribution in [0, 0.1) is 11.8 Å². The molecular weight excluding hydrogens is 212 g/mol. The number of hydrogen-bond donors (Lipinski definition) is 1. The first-order chi connectivity index (χ1) is 8.11. The van der Waals surface area contributed by atoms with E-state index in [4.69, 9.17) is 5.73 Å². The molecule has 2 rings (SSSR count). The fraction of sp³-hybridized carbons (Fsp3) is 0.929. The Morgan fingerprint density at radius 1 is 1.12 bits per heavy atom. The van der Waals surface area contributed by atoms with Crippen LogP contribution in [-0.4, -0.2) is 29.9 Å². The van der Waals surface area contributed by atoms with E-state index in [2.05, 4.69) is 6.92 Å². The number of carbonyl (C=O) groups is 1. The lowest BCUT2D eigenvalue weighted by Gasteiger charge is -2.37. The van der Waals surface area contributed by atoms with Gasteiger partial charge in [-0.1, -0.05) is 26.2 Å². The lowest BCUT2D eigenvalue weighted by Crippen LogP contribution is -2.51. The number of hydrogen-bond acceptors (Lipinski definition) is 2. The van der Waals surface area contributed by atoms with Gasteiger partial charge in [-0.25, -0.2) is 0 Å². The molecule has 4 unspecified atom stereocenters. The highest BCUT2D eigenvalue weighted by Gasteiger charge is 2.36. The van der Waals surface area contributed by atoms with Gasteiger partial charge in [-0.05, 0) is 31.6 Å². The van der Waals surface area contributed by atoms with Crippen molar-refractivity contribution < 1.29 is 4.79 Å². The highest BCUT2D eigenvalue weighted by molar-refractivity contribution is 5.79. The molecule has 0 radical (unpaired) electrons. The van der Waals surface area contributed by atoms with Crippen molar-refractivity contribution in [3.8, 4) is 0 Å². The van der Waals surface area contributed by atoms with E-state index in [9.17, 15) is 4.79 Å². The first kappa shape index (κ1) is 12.9. The van der Waals surface area contributed by atoms with Crippen molar-refractivity contribution in [2.75, 3.05) is 7.05 Å². The Hall–Kier alpha value is -0.570. The van der Waals surface area contributed by atoms with Crippen LogP contribution in [0.5, 0.6) is 0 Å². The van der Waals surface area contributed by atoms with E-state index in [0.29, 0.717) is 11.8 Å². The summed E-state index contributed by atoms with van der Waals surface area (Å²) in [7, 11) is 1.96. The normalized spacial score (nSPS) is 38.1. The molecule has 0 heterocycles. The number of nitrogens with zero attached hydrogens (tertiary/aromatic N) is 1. The summed E-state index contributed by atoms with van der Waals surface area (Å²) in [6.45, 7) is 2.21. The zero-order valence-corrected chi connectivity index (χ0v) is 11.2. The molecule has 0 aromatic rings. The Morgan fingerprint density at radius 2 is 1.82 bits per heavy atom. The highest BCUT2D eigenvalue weighted by Crippen LogP contribution is 2.33. The summed E-state index contributed by atoms with van der Waals surface area (Å²) in [6.07, 6.45) is 8.10. The molecule has 3 heteroatoms. The molecule has 98 valence electrons. The monoisotopic (exact) mass is 238 g/mol. The molecule has 0 aromatic carbocycles. The van der Waals surface area contributed by atoms with Crippen molar-refractivity contribution in [2.24, 2.45) is 17.6 Å². The topological polar surface area (TPSA) is 46.3 Å². The van der Waals surface area contributed by atoms with Crippen molar-refractivity contribution >= 4 is 5.91 Å². The average Bonchev–Trinajstić information content (AvgIpc) is 2.74. The summed E-state index contributed by atoms with van der Waals surface area (Å²) in [5.41, 5.74) is 6.16. The molecule has 1 amide bonds. The maximum atomic E-state index is 12.5. The Kier molecular flexibility index (Phi) is 4.08. The lowest BCUT2D eigenvalue weighted by atomic mass is 9.88. The zero-order chi connectivity index (χ0) is 12.4. The van der Waals surface area contributed by atoms with Gasteiger partial charge in [-0.2, -0.15) is 0 Å². The summed E-state index contributed by atoms with van der Waals surface area (Å²) < 4.78 is 0. The van der Waals surface area contributed by atoms with Gasteiger partial charge in [0.25, 0.3) is 0 Å². The number of carbonyl (C=O) groups excluding carboxylic acids is 1. The highest BCUT2D eigenvalue weighted by atomic mass is 16.2. The molecule has 0 saturated heterocycles. The molecule has 0 bridgehead atoms. The predicted octanol–water partition coefficient (Wildman–Crippen LogP) is 2.15. The second-order valence-corrected chi connectivity index (χ2v) is 5.98. The molecule has 0 spiro atoms. The van der Waals surface area contributed by atoms with Crippen molar-refractivity contribution in [1.82, 2.24) is 4.90 Å². The van der Waals surface area contributed by atoms with Crippen LogP contribution in [0.3, 0.4) is 0 Å². The Labute approximate surface area is 105 Å². The maximum Gasteiger partial charge on any atom is 0.225 e. The third kappa shape index (κ3) is 2.65. The zero-order valence-electron chi connectivity index (χ0n) is 11.2. The molecule has 0 aromatic heterocycles. The van der Waals surface area contributed by atoms with Gasteiger partial charge < -0.3 is 10.6 Å². The van der Waals surface area contributed by atoms with E-state index >= 15 is 0 Å². The van der Waals surface area contributed by atoms with E-state index < -0.39 is 0 Å². The van der Waals surface area contributed by atoms with E-state index in [-0.39, 0.29) is 18.0 Å². The second kappa shape index (κ2) is 5.38. The molecule has 0 aliphatic heterocycles.